The van der Waals surface area contributed by atoms with Crippen molar-refractivity contribution in [3.05, 3.63) is 17.0 Å². The van der Waals surface area contributed by atoms with E-state index < -0.39 is 10.0 Å². The molecule has 0 aliphatic carbocycles. The van der Waals surface area contributed by atoms with Gasteiger partial charge in [-0.15, -0.1) is 11.3 Å². The predicted octanol–water partition coefficient (Wildman–Crippen LogP) is 0.154. The molecule has 0 radical (unpaired) electrons. The van der Waals surface area contributed by atoms with Crippen LogP contribution in [0.5, 0.6) is 0 Å². The van der Waals surface area contributed by atoms with Crippen LogP contribution in [0.25, 0.3) is 0 Å². The van der Waals surface area contributed by atoms with E-state index in [1.54, 1.807) is 6.07 Å². The maximum Gasteiger partial charge on any atom is 0.247 e. The fourth-order valence-corrected chi connectivity index (χ4v) is 3.70. The molecule has 1 saturated heterocycles. The fraction of sp³-hybridized carbons (Fsp3) is 0.545. The second kappa shape index (κ2) is 6.00. The van der Waals surface area contributed by atoms with Gasteiger partial charge in [0.25, 0.3) is 0 Å². The van der Waals surface area contributed by atoms with Gasteiger partial charge < -0.3 is 10.6 Å². The number of rotatable bonds is 4. The monoisotopic (exact) mass is 303 g/mol. The Bertz CT molecular complexity index is 547. The maximum atomic E-state index is 11.9. The molecule has 2 heterocycles. The Morgan fingerprint density at radius 1 is 1.47 bits per heavy atom. The second-order valence-electron chi connectivity index (χ2n) is 4.49. The average Bonchev–Trinajstić information content (AvgIpc) is 2.86. The van der Waals surface area contributed by atoms with Gasteiger partial charge in [0.1, 0.15) is 4.21 Å². The van der Waals surface area contributed by atoms with Crippen molar-refractivity contribution in [3.63, 3.8) is 0 Å². The first-order valence-corrected chi connectivity index (χ1v) is 8.46. The zero-order valence-corrected chi connectivity index (χ0v) is 12.0. The summed E-state index contributed by atoms with van der Waals surface area (Å²) in [6.45, 7) is 1.20. The summed E-state index contributed by atoms with van der Waals surface area (Å²) in [5.41, 5.74) is 0. The molecular formula is C11H17N3O3S2. The highest BCUT2D eigenvalue weighted by atomic mass is 32.2. The van der Waals surface area contributed by atoms with E-state index in [9.17, 15) is 13.2 Å². The van der Waals surface area contributed by atoms with Crippen molar-refractivity contribution in [1.29, 1.82) is 0 Å². The molecule has 106 valence electrons. The fourth-order valence-electron chi connectivity index (χ4n) is 1.98. The van der Waals surface area contributed by atoms with Crippen molar-refractivity contribution in [2.24, 2.45) is 5.14 Å². The molecule has 1 unspecified atom stereocenters. The van der Waals surface area contributed by atoms with Crippen LogP contribution in [0.4, 0.5) is 0 Å². The van der Waals surface area contributed by atoms with Crippen LogP contribution in [-0.2, 0) is 21.4 Å². The summed E-state index contributed by atoms with van der Waals surface area (Å²) in [6.07, 6.45) is 3.00. The summed E-state index contributed by atoms with van der Waals surface area (Å²) in [5.74, 6) is -0.0368. The van der Waals surface area contributed by atoms with Crippen molar-refractivity contribution in [1.82, 2.24) is 10.6 Å². The Morgan fingerprint density at radius 2 is 2.26 bits per heavy atom. The van der Waals surface area contributed by atoms with Gasteiger partial charge in [0, 0.05) is 4.88 Å². The Morgan fingerprint density at radius 3 is 2.84 bits per heavy atom. The Kier molecular flexibility index (Phi) is 4.56. The smallest absolute Gasteiger partial charge is 0.247 e. The highest BCUT2D eigenvalue weighted by molar-refractivity contribution is 7.91. The third kappa shape index (κ3) is 4.00. The molecule has 1 fully saturated rings. The summed E-state index contributed by atoms with van der Waals surface area (Å²) < 4.78 is 22.4. The van der Waals surface area contributed by atoms with E-state index in [1.165, 1.54) is 6.07 Å². The van der Waals surface area contributed by atoms with Crippen LogP contribution < -0.4 is 15.8 Å². The highest BCUT2D eigenvalue weighted by Crippen LogP contribution is 2.20. The Hall–Kier alpha value is -0.960. The van der Waals surface area contributed by atoms with Crippen LogP contribution in [0.2, 0.25) is 0 Å². The number of hydrogen-bond donors (Lipinski definition) is 3. The Balaban J connectivity index is 1.88. The number of nitrogens with two attached hydrogens (primary N) is 1. The average molecular weight is 303 g/mol. The Labute approximate surface area is 116 Å². The molecule has 2 rings (SSSR count). The van der Waals surface area contributed by atoms with Crippen LogP contribution >= 0.6 is 11.3 Å². The van der Waals surface area contributed by atoms with E-state index in [1.807, 2.05) is 0 Å². The summed E-state index contributed by atoms with van der Waals surface area (Å²) >= 11 is 1.08. The van der Waals surface area contributed by atoms with Crippen molar-refractivity contribution in [2.45, 2.75) is 36.1 Å². The number of thiophene rings is 1. The zero-order valence-electron chi connectivity index (χ0n) is 10.4. The van der Waals surface area contributed by atoms with E-state index in [0.717, 1.165) is 42.0 Å². The number of nitrogens with one attached hydrogen (secondary N) is 2. The van der Waals surface area contributed by atoms with Gasteiger partial charge in [0.05, 0.1) is 12.6 Å². The largest absolute Gasteiger partial charge is 0.350 e. The minimum Gasteiger partial charge on any atom is -0.350 e. The molecule has 0 spiro atoms. The van der Waals surface area contributed by atoms with E-state index >= 15 is 0 Å². The lowest BCUT2D eigenvalue weighted by atomic mass is 10.0. The number of amides is 1. The van der Waals surface area contributed by atoms with Crippen LogP contribution in [0.1, 0.15) is 24.1 Å². The van der Waals surface area contributed by atoms with Crippen molar-refractivity contribution < 1.29 is 13.2 Å². The summed E-state index contributed by atoms with van der Waals surface area (Å²) in [7, 11) is -3.65. The molecule has 6 nitrogen and oxygen atoms in total. The molecule has 1 amide bonds. The molecule has 1 aliphatic rings. The first-order chi connectivity index (χ1) is 8.97. The normalized spacial score (nSPS) is 20.2. The minimum atomic E-state index is -3.65. The number of carbonyl (C=O) groups excluding carboxylic acids is 1. The van der Waals surface area contributed by atoms with Gasteiger partial charge in [-0.1, -0.05) is 6.42 Å². The second-order valence-corrected chi connectivity index (χ2v) is 7.44. The van der Waals surface area contributed by atoms with Gasteiger partial charge in [-0.05, 0) is 31.5 Å². The summed E-state index contributed by atoms with van der Waals surface area (Å²) in [4.78, 5) is 12.6. The van der Waals surface area contributed by atoms with Gasteiger partial charge in [0.15, 0.2) is 0 Å². The molecule has 1 aromatic rings. The lowest BCUT2D eigenvalue weighted by Gasteiger charge is -2.22. The quantitative estimate of drug-likeness (QED) is 0.737. The van der Waals surface area contributed by atoms with Crippen LogP contribution in [0.15, 0.2) is 16.3 Å². The molecule has 8 heteroatoms. The number of piperidine rings is 1. The van der Waals surface area contributed by atoms with Crippen molar-refractivity contribution >= 4 is 27.3 Å². The lowest BCUT2D eigenvalue weighted by Crippen LogP contribution is -2.46. The molecule has 4 N–H and O–H groups in total. The number of sulfonamides is 1. The third-order valence-corrected chi connectivity index (χ3v) is 5.50. The minimum absolute atomic E-state index is 0.0368. The van der Waals surface area contributed by atoms with E-state index in [0.29, 0.717) is 6.54 Å². The number of primary sulfonamides is 1. The standard InChI is InChI=1S/C11H17N3O3S2/c12-19(16,17)10-5-4-8(18-10)7-14-11(15)9-3-1-2-6-13-9/h4-5,9,13H,1-3,6-7H2,(H,14,15)(H2,12,16,17). The van der Waals surface area contributed by atoms with E-state index in [-0.39, 0.29) is 16.2 Å². The maximum absolute atomic E-state index is 11.9. The zero-order chi connectivity index (χ0) is 13.9. The molecular weight excluding hydrogens is 286 g/mol. The predicted molar refractivity (Wildman–Crippen MR) is 73.2 cm³/mol. The molecule has 1 aliphatic heterocycles. The van der Waals surface area contributed by atoms with E-state index in [4.69, 9.17) is 5.14 Å². The SMILES string of the molecule is NS(=O)(=O)c1ccc(CNC(=O)C2CCCCN2)s1. The molecule has 1 aromatic heterocycles. The first-order valence-electron chi connectivity index (χ1n) is 6.09. The first kappa shape index (κ1) is 14.4. The molecule has 1 atom stereocenters. The van der Waals surface area contributed by atoms with Gasteiger partial charge in [-0.3, -0.25) is 4.79 Å². The van der Waals surface area contributed by atoms with Crippen molar-refractivity contribution in [3.8, 4) is 0 Å². The van der Waals surface area contributed by atoms with E-state index in [2.05, 4.69) is 10.6 Å². The lowest BCUT2D eigenvalue weighted by molar-refractivity contribution is -0.123. The highest BCUT2D eigenvalue weighted by Gasteiger charge is 2.20. The third-order valence-electron chi connectivity index (χ3n) is 2.98. The molecule has 0 bridgehead atoms. The topological polar surface area (TPSA) is 101 Å². The molecule has 0 aromatic carbocycles. The summed E-state index contributed by atoms with van der Waals surface area (Å²) in [5, 5.41) is 11.0. The van der Waals surface area contributed by atoms with Crippen molar-refractivity contribution in [2.75, 3.05) is 6.54 Å². The summed E-state index contributed by atoms with van der Waals surface area (Å²) in [6, 6.07) is 2.99. The van der Waals surface area contributed by atoms with Gasteiger partial charge >= 0.3 is 0 Å². The molecule has 0 saturated carbocycles. The van der Waals surface area contributed by atoms with Gasteiger partial charge in [-0.25, -0.2) is 13.6 Å². The van der Waals surface area contributed by atoms with Crippen LogP contribution in [0.3, 0.4) is 0 Å². The number of carbonyl (C=O) groups is 1. The van der Waals surface area contributed by atoms with Crippen LogP contribution in [0, 0.1) is 0 Å². The molecule has 19 heavy (non-hydrogen) atoms. The van der Waals surface area contributed by atoms with Gasteiger partial charge in [-0.2, -0.15) is 0 Å². The number of hydrogen-bond acceptors (Lipinski definition) is 5. The van der Waals surface area contributed by atoms with Crippen LogP contribution in [-0.4, -0.2) is 26.9 Å². The van der Waals surface area contributed by atoms with Gasteiger partial charge in [0.2, 0.25) is 15.9 Å².